The number of anilines is 1. The standard InChI is InChI=1S/C13H21N3OS/c1-9(2)10-7-18-12(15-10)16-11(17)13(3)5-4-6-14-8-13/h7,9,14H,4-6,8H2,1-3H3,(H,15,16,17). The third-order valence-electron chi connectivity index (χ3n) is 3.48. The number of hydrogen-bond donors (Lipinski definition) is 2. The Labute approximate surface area is 112 Å². The second-order valence-electron chi connectivity index (χ2n) is 5.53. The summed E-state index contributed by atoms with van der Waals surface area (Å²) in [5, 5.41) is 8.98. The van der Waals surface area contributed by atoms with Gasteiger partial charge in [-0.15, -0.1) is 11.3 Å². The second kappa shape index (κ2) is 5.36. The molecular formula is C13H21N3OS. The van der Waals surface area contributed by atoms with Gasteiger partial charge < -0.3 is 10.6 Å². The van der Waals surface area contributed by atoms with Gasteiger partial charge in [0.05, 0.1) is 11.1 Å². The maximum atomic E-state index is 12.3. The molecule has 1 aliphatic rings. The summed E-state index contributed by atoms with van der Waals surface area (Å²) in [4.78, 5) is 16.7. The molecule has 0 bridgehead atoms. The maximum Gasteiger partial charge on any atom is 0.233 e. The van der Waals surface area contributed by atoms with E-state index in [1.807, 2.05) is 12.3 Å². The summed E-state index contributed by atoms with van der Waals surface area (Å²) < 4.78 is 0. The molecule has 0 saturated carbocycles. The van der Waals surface area contributed by atoms with E-state index in [0.29, 0.717) is 5.92 Å². The average Bonchev–Trinajstić information content (AvgIpc) is 2.78. The fraction of sp³-hybridized carbons (Fsp3) is 0.692. The maximum absolute atomic E-state index is 12.3. The van der Waals surface area contributed by atoms with Crippen molar-refractivity contribution < 1.29 is 4.79 Å². The van der Waals surface area contributed by atoms with Crippen LogP contribution in [0.15, 0.2) is 5.38 Å². The lowest BCUT2D eigenvalue weighted by Gasteiger charge is -2.32. The van der Waals surface area contributed by atoms with Gasteiger partial charge in [0.1, 0.15) is 0 Å². The SMILES string of the molecule is CC(C)c1csc(NC(=O)C2(C)CCCNC2)n1. The summed E-state index contributed by atoms with van der Waals surface area (Å²) in [5.41, 5.74) is 0.740. The number of hydrogen-bond acceptors (Lipinski definition) is 4. The number of aromatic nitrogens is 1. The first-order valence-electron chi connectivity index (χ1n) is 6.49. The number of nitrogens with one attached hydrogen (secondary N) is 2. The number of rotatable bonds is 3. The van der Waals surface area contributed by atoms with Gasteiger partial charge in [-0.2, -0.15) is 0 Å². The van der Waals surface area contributed by atoms with Crippen molar-refractivity contribution in [2.24, 2.45) is 5.41 Å². The molecule has 1 amide bonds. The minimum atomic E-state index is -0.304. The van der Waals surface area contributed by atoms with E-state index >= 15 is 0 Å². The topological polar surface area (TPSA) is 54.0 Å². The first kappa shape index (κ1) is 13.5. The van der Waals surface area contributed by atoms with Crippen LogP contribution in [0.1, 0.15) is 45.2 Å². The van der Waals surface area contributed by atoms with Gasteiger partial charge in [0, 0.05) is 11.9 Å². The van der Waals surface area contributed by atoms with Crippen molar-refractivity contribution in [3.8, 4) is 0 Å². The van der Waals surface area contributed by atoms with Gasteiger partial charge in [-0.1, -0.05) is 13.8 Å². The highest BCUT2D eigenvalue weighted by Gasteiger charge is 2.34. The number of thiazole rings is 1. The predicted molar refractivity (Wildman–Crippen MR) is 75.0 cm³/mol. The fourth-order valence-corrected chi connectivity index (χ4v) is 2.97. The first-order chi connectivity index (χ1) is 8.51. The molecule has 1 saturated heterocycles. The van der Waals surface area contributed by atoms with Crippen molar-refractivity contribution in [1.82, 2.24) is 10.3 Å². The van der Waals surface area contributed by atoms with Crippen LogP contribution in [0.5, 0.6) is 0 Å². The van der Waals surface area contributed by atoms with Crippen LogP contribution >= 0.6 is 11.3 Å². The van der Waals surface area contributed by atoms with Crippen LogP contribution in [-0.2, 0) is 4.79 Å². The zero-order valence-corrected chi connectivity index (χ0v) is 12.1. The minimum absolute atomic E-state index is 0.0827. The lowest BCUT2D eigenvalue weighted by atomic mass is 9.82. The van der Waals surface area contributed by atoms with Crippen molar-refractivity contribution in [3.05, 3.63) is 11.1 Å². The van der Waals surface area contributed by atoms with Crippen LogP contribution in [0.2, 0.25) is 0 Å². The molecule has 0 radical (unpaired) electrons. The zero-order valence-electron chi connectivity index (χ0n) is 11.2. The molecule has 2 heterocycles. The fourth-order valence-electron chi connectivity index (χ4n) is 2.11. The molecule has 1 fully saturated rings. The van der Waals surface area contributed by atoms with Crippen molar-refractivity contribution in [3.63, 3.8) is 0 Å². The molecule has 2 rings (SSSR count). The Morgan fingerprint density at radius 3 is 2.94 bits per heavy atom. The van der Waals surface area contributed by atoms with Gasteiger partial charge >= 0.3 is 0 Å². The Kier molecular flexibility index (Phi) is 4.02. The molecule has 100 valence electrons. The van der Waals surface area contributed by atoms with Gasteiger partial charge in [-0.25, -0.2) is 4.98 Å². The monoisotopic (exact) mass is 267 g/mol. The van der Waals surface area contributed by atoms with Crippen LogP contribution in [0, 0.1) is 5.41 Å². The van der Waals surface area contributed by atoms with E-state index in [2.05, 4.69) is 29.5 Å². The number of amides is 1. The molecule has 0 aromatic carbocycles. The molecule has 1 unspecified atom stereocenters. The molecule has 5 heteroatoms. The smallest absolute Gasteiger partial charge is 0.233 e. The Balaban J connectivity index is 2.01. The van der Waals surface area contributed by atoms with Gasteiger partial charge in [0.25, 0.3) is 0 Å². The minimum Gasteiger partial charge on any atom is -0.316 e. The number of nitrogens with zero attached hydrogens (tertiary/aromatic N) is 1. The van der Waals surface area contributed by atoms with Crippen LogP contribution in [-0.4, -0.2) is 24.0 Å². The third kappa shape index (κ3) is 2.90. The van der Waals surface area contributed by atoms with Gasteiger partial charge in [0.15, 0.2) is 5.13 Å². The molecule has 1 aromatic rings. The van der Waals surface area contributed by atoms with E-state index in [0.717, 1.165) is 36.8 Å². The molecule has 0 spiro atoms. The molecule has 1 atom stereocenters. The molecule has 1 aliphatic heterocycles. The van der Waals surface area contributed by atoms with Gasteiger partial charge in [-0.05, 0) is 32.2 Å². The summed E-state index contributed by atoms with van der Waals surface area (Å²) in [5.74, 6) is 0.484. The van der Waals surface area contributed by atoms with Crippen LogP contribution in [0.25, 0.3) is 0 Å². The summed E-state index contributed by atoms with van der Waals surface area (Å²) >= 11 is 1.51. The highest BCUT2D eigenvalue weighted by atomic mass is 32.1. The van der Waals surface area contributed by atoms with E-state index < -0.39 is 0 Å². The molecule has 2 N–H and O–H groups in total. The van der Waals surface area contributed by atoms with Gasteiger partial charge in [0.2, 0.25) is 5.91 Å². The van der Waals surface area contributed by atoms with Crippen LogP contribution in [0.4, 0.5) is 5.13 Å². The predicted octanol–water partition coefficient (Wildman–Crippen LogP) is 2.59. The number of piperidine rings is 1. The van der Waals surface area contributed by atoms with Crippen molar-refractivity contribution >= 4 is 22.4 Å². The van der Waals surface area contributed by atoms with E-state index in [4.69, 9.17) is 0 Å². The molecule has 1 aromatic heterocycles. The lowest BCUT2D eigenvalue weighted by Crippen LogP contribution is -2.46. The van der Waals surface area contributed by atoms with Crippen LogP contribution < -0.4 is 10.6 Å². The van der Waals surface area contributed by atoms with Crippen molar-refractivity contribution in [2.45, 2.75) is 39.5 Å². The Bertz CT molecular complexity index is 422. The summed E-state index contributed by atoms with van der Waals surface area (Å²) in [6.07, 6.45) is 1.99. The van der Waals surface area contributed by atoms with E-state index in [1.165, 1.54) is 11.3 Å². The summed E-state index contributed by atoms with van der Waals surface area (Å²) in [6, 6.07) is 0. The van der Waals surface area contributed by atoms with Crippen molar-refractivity contribution in [2.75, 3.05) is 18.4 Å². The quantitative estimate of drug-likeness (QED) is 0.885. The summed E-state index contributed by atoms with van der Waals surface area (Å²) in [7, 11) is 0. The van der Waals surface area contributed by atoms with E-state index in [1.54, 1.807) is 0 Å². The highest BCUT2D eigenvalue weighted by Crippen LogP contribution is 2.28. The second-order valence-corrected chi connectivity index (χ2v) is 6.39. The molecule has 0 aliphatic carbocycles. The Morgan fingerprint density at radius 2 is 2.39 bits per heavy atom. The largest absolute Gasteiger partial charge is 0.316 e. The lowest BCUT2D eigenvalue weighted by molar-refractivity contribution is -0.125. The van der Waals surface area contributed by atoms with Gasteiger partial charge in [-0.3, -0.25) is 4.79 Å². The summed E-state index contributed by atoms with van der Waals surface area (Å²) in [6.45, 7) is 7.99. The van der Waals surface area contributed by atoms with Crippen molar-refractivity contribution in [1.29, 1.82) is 0 Å². The Hall–Kier alpha value is -0.940. The first-order valence-corrected chi connectivity index (χ1v) is 7.37. The molecule has 4 nitrogen and oxygen atoms in total. The zero-order chi connectivity index (χ0) is 13.2. The van der Waals surface area contributed by atoms with E-state index in [9.17, 15) is 4.79 Å². The average molecular weight is 267 g/mol. The molecule has 18 heavy (non-hydrogen) atoms. The Morgan fingerprint density at radius 1 is 1.61 bits per heavy atom. The number of carbonyl (C=O) groups excluding carboxylic acids is 1. The number of carbonyl (C=O) groups is 1. The normalized spacial score (nSPS) is 24.2. The third-order valence-corrected chi connectivity index (χ3v) is 4.26. The van der Waals surface area contributed by atoms with E-state index in [-0.39, 0.29) is 11.3 Å². The molecular weight excluding hydrogens is 246 g/mol. The van der Waals surface area contributed by atoms with Crippen LogP contribution in [0.3, 0.4) is 0 Å². The highest BCUT2D eigenvalue weighted by molar-refractivity contribution is 7.13.